The number of thiophene rings is 1. The maximum Gasteiger partial charge on any atom is 0.268 e. The van der Waals surface area contributed by atoms with E-state index in [4.69, 9.17) is 0 Å². The maximum atomic E-state index is 13.4. The molecule has 0 unspecified atom stereocenters. The molecular weight excluding hydrogens is 380 g/mol. The van der Waals surface area contributed by atoms with Gasteiger partial charge in [-0.25, -0.2) is 0 Å². The van der Waals surface area contributed by atoms with Crippen LogP contribution in [0, 0.1) is 6.92 Å². The smallest absolute Gasteiger partial charge is 0.268 e. The Morgan fingerprint density at radius 2 is 1.83 bits per heavy atom. The molecule has 0 bridgehead atoms. The average Bonchev–Trinajstić information content (AvgIpc) is 3.18. The topological polar surface area (TPSA) is 42.3 Å². The van der Waals surface area contributed by atoms with Crippen molar-refractivity contribution in [3.05, 3.63) is 75.4 Å². The molecule has 0 saturated heterocycles. The van der Waals surface area contributed by atoms with Gasteiger partial charge in [0, 0.05) is 28.9 Å². The molecule has 2 aromatic carbocycles. The quantitative estimate of drug-likeness (QED) is 0.434. The predicted octanol–water partition coefficient (Wildman–Crippen LogP) is 5.60. The highest BCUT2D eigenvalue weighted by molar-refractivity contribution is 7.21. The van der Waals surface area contributed by atoms with Crippen LogP contribution in [-0.2, 0) is 6.54 Å². The Kier molecular flexibility index (Phi) is 5.24. The van der Waals surface area contributed by atoms with Crippen molar-refractivity contribution >= 4 is 43.9 Å². The Hall–Kier alpha value is -2.92. The van der Waals surface area contributed by atoms with Crippen LogP contribution >= 0.6 is 11.3 Å². The number of aryl methyl sites for hydroxylation is 2. The molecule has 0 atom stereocenters. The number of para-hydroxylation sites is 1. The summed E-state index contributed by atoms with van der Waals surface area (Å²) in [5, 5.41) is 1.64. The van der Waals surface area contributed by atoms with Gasteiger partial charge in [-0.3, -0.25) is 9.59 Å². The van der Waals surface area contributed by atoms with E-state index in [-0.39, 0.29) is 11.5 Å². The van der Waals surface area contributed by atoms with Gasteiger partial charge in [-0.2, -0.15) is 0 Å². The zero-order valence-corrected chi connectivity index (χ0v) is 17.8. The Labute approximate surface area is 174 Å². The van der Waals surface area contributed by atoms with Crippen molar-refractivity contribution in [3.63, 3.8) is 0 Å². The van der Waals surface area contributed by atoms with E-state index in [1.807, 2.05) is 67.3 Å². The van der Waals surface area contributed by atoms with Crippen molar-refractivity contribution < 1.29 is 4.79 Å². The molecule has 0 saturated carbocycles. The van der Waals surface area contributed by atoms with Gasteiger partial charge in [0.1, 0.15) is 0 Å². The van der Waals surface area contributed by atoms with Crippen LogP contribution in [0.1, 0.15) is 35.5 Å². The Balaban J connectivity index is 1.89. The monoisotopic (exact) mass is 404 g/mol. The molecule has 0 radical (unpaired) electrons. The van der Waals surface area contributed by atoms with Crippen molar-refractivity contribution in [1.82, 2.24) is 4.57 Å². The molecule has 29 heavy (non-hydrogen) atoms. The molecule has 0 N–H and O–H groups in total. The normalized spacial score (nSPS) is 11.3. The molecule has 0 aliphatic heterocycles. The summed E-state index contributed by atoms with van der Waals surface area (Å²) in [5.74, 6) is -0.0508. The van der Waals surface area contributed by atoms with E-state index in [1.54, 1.807) is 10.6 Å². The van der Waals surface area contributed by atoms with Crippen LogP contribution in [-0.4, -0.2) is 17.0 Å². The standard InChI is InChI=1S/C24H24N2O2S/c1-4-13-26(17-10-8-9-16(3)14-17)24(28)21-15-19-22(29-21)18-11-6-7-12-20(18)25(5-2)23(19)27/h6-12,14-15H,4-5,13H2,1-3H3. The number of amides is 1. The predicted molar refractivity (Wildman–Crippen MR) is 122 cm³/mol. The number of nitrogens with zero attached hydrogens (tertiary/aromatic N) is 2. The highest BCUT2D eigenvalue weighted by Crippen LogP contribution is 2.32. The first-order chi connectivity index (χ1) is 14.0. The lowest BCUT2D eigenvalue weighted by atomic mass is 10.1. The van der Waals surface area contributed by atoms with E-state index in [0.29, 0.717) is 23.4 Å². The molecule has 0 aliphatic rings. The summed E-state index contributed by atoms with van der Waals surface area (Å²) in [6.45, 7) is 7.29. The van der Waals surface area contributed by atoms with Crippen LogP contribution in [0.4, 0.5) is 5.69 Å². The average molecular weight is 405 g/mol. The third-order valence-electron chi connectivity index (χ3n) is 5.18. The van der Waals surface area contributed by atoms with Gasteiger partial charge in [0.15, 0.2) is 0 Å². The third-order valence-corrected chi connectivity index (χ3v) is 6.34. The van der Waals surface area contributed by atoms with Crippen molar-refractivity contribution in [2.45, 2.75) is 33.7 Å². The first-order valence-electron chi connectivity index (χ1n) is 9.98. The fourth-order valence-corrected chi connectivity index (χ4v) is 4.96. The van der Waals surface area contributed by atoms with Crippen LogP contribution in [0.3, 0.4) is 0 Å². The number of carbonyl (C=O) groups is 1. The maximum absolute atomic E-state index is 13.4. The van der Waals surface area contributed by atoms with Gasteiger partial charge < -0.3 is 9.47 Å². The molecule has 4 nitrogen and oxygen atoms in total. The van der Waals surface area contributed by atoms with E-state index >= 15 is 0 Å². The molecule has 1 amide bonds. The second-order valence-electron chi connectivity index (χ2n) is 7.22. The lowest BCUT2D eigenvalue weighted by Crippen LogP contribution is -2.31. The minimum absolute atomic E-state index is 0.0332. The Morgan fingerprint density at radius 3 is 2.55 bits per heavy atom. The van der Waals surface area contributed by atoms with Crippen LogP contribution in [0.25, 0.3) is 21.0 Å². The molecular formula is C24H24N2O2S. The number of pyridine rings is 1. The largest absolute Gasteiger partial charge is 0.308 e. The van der Waals surface area contributed by atoms with E-state index in [1.165, 1.54) is 11.3 Å². The summed E-state index contributed by atoms with van der Waals surface area (Å²) in [6.07, 6.45) is 0.857. The number of hydrogen-bond acceptors (Lipinski definition) is 3. The molecule has 2 aromatic heterocycles. The zero-order chi connectivity index (χ0) is 20.5. The molecule has 0 spiro atoms. The van der Waals surface area contributed by atoms with Gasteiger partial charge in [-0.1, -0.05) is 37.3 Å². The molecule has 148 valence electrons. The number of aromatic nitrogens is 1. The minimum Gasteiger partial charge on any atom is -0.308 e. The van der Waals surface area contributed by atoms with Crippen LogP contribution in [0.5, 0.6) is 0 Å². The minimum atomic E-state index is -0.0508. The van der Waals surface area contributed by atoms with Crippen molar-refractivity contribution in [3.8, 4) is 0 Å². The van der Waals surface area contributed by atoms with E-state index in [2.05, 4.69) is 6.92 Å². The van der Waals surface area contributed by atoms with Crippen molar-refractivity contribution in [2.75, 3.05) is 11.4 Å². The summed E-state index contributed by atoms with van der Waals surface area (Å²) >= 11 is 1.42. The fraction of sp³-hybridized carbons (Fsp3) is 0.250. The summed E-state index contributed by atoms with van der Waals surface area (Å²) in [4.78, 5) is 28.9. The van der Waals surface area contributed by atoms with Crippen LogP contribution in [0.15, 0.2) is 59.4 Å². The van der Waals surface area contributed by atoms with Gasteiger partial charge in [0.05, 0.1) is 15.8 Å². The number of anilines is 1. The van der Waals surface area contributed by atoms with Crippen LogP contribution < -0.4 is 10.5 Å². The molecule has 0 fully saturated rings. The summed E-state index contributed by atoms with van der Waals surface area (Å²) in [7, 11) is 0. The van der Waals surface area contributed by atoms with Gasteiger partial charge in [0.2, 0.25) is 0 Å². The van der Waals surface area contributed by atoms with Gasteiger partial charge in [0.25, 0.3) is 11.5 Å². The lowest BCUT2D eigenvalue weighted by Gasteiger charge is -2.22. The SMILES string of the molecule is CCCN(C(=O)c1cc2c(=O)n(CC)c3ccccc3c2s1)c1cccc(C)c1. The second-order valence-corrected chi connectivity index (χ2v) is 8.27. The third kappa shape index (κ3) is 3.36. The van der Waals surface area contributed by atoms with E-state index in [9.17, 15) is 9.59 Å². The van der Waals surface area contributed by atoms with Crippen LogP contribution in [0.2, 0.25) is 0 Å². The summed E-state index contributed by atoms with van der Waals surface area (Å²) in [5.41, 5.74) is 2.89. The number of hydrogen-bond donors (Lipinski definition) is 0. The van der Waals surface area contributed by atoms with Crippen molar-refractivity contribution in [2.24, 2.45) is 0 Å². The number of carbonyl (C=O) groups excluding carboxylic acids is 1. The van der Waals surface area contributed by atoms with Gasteiger partial charge in [-0.15, -0.1) is 11.3 Å². The molecule has 4 rings (SSSR count). The highest BCUT2D eigenvalue weighted by atomic mass is 32.1. The Bertz CT molecular complexity index is 1270. The second kappa shape index (κ2) is 7.84. The molecule has 0 aliphatic carbocycles. The van der Waals surface area contributed by atoms with Gasteiger partial charge >= 0.3 is 0 Å². The van der Waals surface area contributed by atoms with Gasteiger partial charge in [-0.05, 0) is 50.1 Å². The molecule has 4 aromatic rings. The highest BCUT2D eigenvalue weighted by Gasteiger charge is 2.22. The Morgan fingerprint density at radius 1 is 1.03 bits per heavy atom. The number of fused-ring (bicyclic) bond motifs is 3. The van der Waals surface area contributed by atoms with E-state index < -0.39 is 0 Å². The first-order valence-corrected chi connectivity index (χ1v) is 10.8. The lowest BCUT2D eigenvalue weighted by molar-refractivity contribution is 0.0991. The van der Waals surface area contributed by atoms with Crippen molar-refractivity contribution in [1.29, 1.82) is 0 Å². The number of rotatable bonds is 5. The molecule has 5 heteroatoms. The summed E-state index contributed by atoms with van der Waals surface area (Å²) < 4.78 is 2.67. The fourth-order valence-electron chi connectivity index (χ4n) is 3.83. The first kappa shape index (κ1) is 19.4. The molecule has 2 heterocycles. The summed E-state index contributed by atoms with van der Waals surface area (Å²) in [6, 6.07) is 17.7. The zero-order valence-electron chi connectivity index (χ0n) is 16.9. The van der Waals surface area contributed by atoms with E-state index in [0.717, 1.165) is 33.3 Å². The number of benzene rings is 2.